The van der Waals surface area contributed by atoms with Crippen molar-refractivity contribution >= 4 is 6.09 Å². The van der Waals surface area contributed by atoms with Crippen LogP contribution in [0.2, 0.25) is 0 Å². The van der Waals surface area contributed by atoms with Crippen molar-refractivity contribution in [2.45, 2.75) is 64.3 Å². The molecule has 3 fully saturated rings. The third-order valence-electron chi connectivity index (χ3n) is 4.96. The molecule has 4 rings (SSSR count). The third-order valence-corrected chi connectivity index (χ3v) is 4.96. The SMILES string of the molecule is CC(C)(C)OC(=O)N1C[C@@H]2CC[C@@]1(C)CN2Cc1ccccc1. The molecule has 3 saturated heterocycles. The molecule has 0 N–H and O–H groups in total. The van der Waals surface area contributed by atoms with E-state index in [1.54, 1.807) is 0 Å². The zero-order valence-electron chi connectivity index (χ0n) is 14.7. The molecule has 0 radical (unpaired) electrons. The first-order chi connectivity index (χ1) is 10.8. The number of hydrogen-bond acceptors (Lipinski definition) is 3. The summed E-state index contributed by atoms with van der Waals surface area (Å²) in [4.78, 5) is 17.1. The molecule has 0 saturated carbocycles. The first-order valence-corrected chi connectivity index (χ1v) is 8.55. The second kappa shape index (κ2) is 5.82. The number of amides is 1. The maximum atomic E-state index is 12.6. The minimum Gasteiger partial charge on any atom is -0.444 e. The van der Waals surface area contributed by atoms with Crippen molar-refractivity contribution in [3.05, 3.63) is 35.9 Å². The molecule has 3 aliphatic heterocycles. The average molecular weight is 316 g/mol. The summed E-state index contributed by atoms with van der Waals surface area (Å²) in [6.45, 7) is 10.6. The molecule has 126 valence electrons. The van der Waals surface area contributed by atoms with Crippen LogP contribution in [-0.4, -0.2) is 46.2 Å². The van der Waals surface area contributed by atoms with Crippen molar-refractivity contribution in [3.8, 4) is 0 Å². The summed E-state index contributed by atoms with van der Waals surface area (Å²) in [7, 11) is 0. The standard InChI is InChI=1S/C19H28N2O2/c1-18(2,3)23-17(22)21-13-16-10-11-19(21,4)14-20(16)12-15-8-6-5-7-9-15/h5-9,16H,10-14H2,1-4H3/t16-,19-/m0/s1. The molecule has 3 heterocycles. The molecule has 2 atom stereocenters. The smallest absolute Gasteiger partial charge is 0.410 e. The number of fused-ring (bicyclic) bond motifs is 3. The van der Waals surface area contributed by atoms with Gasteiger partial charge < -0.3 is 4.74 Å². The highest BCUT2D eigenvalue weighted by Crippen LogP contribution is 2.38. The zero-order valence-corrected chi connectivity index (χ0v) is 14.7. The van der Waals surface area contributed by atoms with Crippen LogP contribution in [0, 0.1) is 0 Å². The number of carbonyl (C=O) groups is 1. The Morgan fingerprint density at radius 2 is 2.00 bits per heavy atom. The largest absolute Gasteiger partial charge is 0.444 e. The molecular formula is C19H28N2O2. The van der Waals surface area contributed by atoms with Gasteiger partial charge in [0.1, 0.15) is 5.60 Å². The predicted octanol–water partition coefficient (Wildman–Crippen LogP) is 3.66. The van der Waals surface area contributed by atoms with Gasteiger partial charge in [0.05, 0.1) is 5.54 Å². The average Bonchev–Trinajstić information content (AvgIpc) is 2.46. The summed E-state index contributed by atoms with van der Waals surface area (Å²) in [6.07, 6.45) is 2.05. The number of ether oxygens (including phenoxy) is 1. The van der Waals surface area contributed by atoms with Gasteiger partial charge in [0, 0.05) is 25.7 Å². The van der Waals surface area contributed by atoms with E-state index in [-0.39, 0.29) is 11.6 Å². The van der Waals surface area contributed by atoms with Crippen molar-refractivity contribution in [1.29, 1.82) is 0 Å². The van der Waals surface area contributed by atoms with Crippen molar-refractivity contribution in [2.75, 3.05) is 13.1 Å². The molecule has 4 heteroatoms. The number of piperazine rings is 1. The van der Waals surface area contributed by atoms with Gasteiger partial charge in [-0.25, -0.2) is 4.79 Å². The van der Waals surface area contributed by atoms with Crippen LogP contribution in [0.5, 0.6) is 0 Å². The minimum absolute atomic E-state index is 0.119. The number of benzene rings is 1. The van der Waals surface area contributed by atoms with E-state index in [0.29, 0.717) is 6.04 Å². The Hall–Kier alpha value is -1.55. The normalized spacial score (nSPS) is 28.0. The van der Waals surface area contributed by atoms with Gasteiger partial charge in [0.15, 0.2) is 0 Å². The van der Waals surface area contributed by atoms with Crippen LogP contribution in [-0.2, 0) is 11.3 Å². The second-order valence-corrected chi connectivity index (χ2v) is 8.17. The van der Waals surface area contributed by atoms with E-state index < -0.39 is 5.60 Å². The Bertz CT molecular complexity index is 566. The molecular weight excluding hydrogens is 288 g/mol. The molecule has 3 aliphatic rings. The van der Waals surface area contributed by atoms with E-state index >= 15 is 0 Å². The second-order valence-electron chi connectivity index (χ2n) is 8.17. The monoisotopic (exact) mass is 316 g/mol. The van der Waals surface area contributed by atoms with Crippen LogP contribution in [0.1, 0.15) is 46.1 Å². The van der Waals surface area contributed by atoms with Crippen LogP contribution in [0.4, 0.5) is 4.79 Å². The quantitative estimate of drug-likeness (QED) is 0.835. The van der Waals surface area contributed by atoms with Gasteiger partial charge in [0.2, 0.25) is 0 Å². The van der Waals surface area contributed by atoms with E-state index in [1.807, 2.05) is 25.7 Å². The maximum absolute atomic E-state index is 12.6. The number of hydrogen-bond donors (Lipinski definition) is 0. The molecule has 1 amide bonds. The number of carbonyl (C=O) groups excluding carboxylic acids is 1. The topological polar surface area (TPSA) is 32.8 Å². The van der Waals surface area contributed by atoms with Gasteiger partial charge in [0.25, 0.3) is 0 Å². The Balaban J connectivity index is 1.71. The minimum atomic E-state index is -0.437. The summed E-state index contributed by atoms with van der Waals surface area (Å²) >= 11 is 0. The summed E-state index contributed by atoms with van der Waals surface area (Å²) in [5.41, 5.74) is 0.784. The van der Waals surface area contributed by atoms with Crippen LogP contribution in [0.3, 0.4) is 0 Å². The lowest BCUT2D eigenvalue weighted by Crippen LogP contribution is -2.70. The van der Waals surface area contributed by atoms with Gasteiger partial charge >= 0.3 is 6.09 Å². The first kappa shape index (κ1) is 16.3. The van der Waals surface area contributed by atoms with Crippen molar-refractivity contribution < 1.29 is 9.53 Å². The third kappa shape index (κ3) is 3.52. The summed E-state index contributed by atoms with van der Waals surface area (Å²) in [6, 6.07) is 11.0. The first-order valence-electron chi connectivity index (χ1n) is 8.55. The van der Waals surface area contributed by atoms with Crippen LogP contribution in [0.25, 0.3) is 0 Å². The maximum Gasteiger partial charge on any atom is 0.410 e. The fourth-order valence-corrected chi connectivity index (χ4v) is 3.78. The van der Waals surface area contributed by atoms with Crippen LogP contribution in [0.15, 0.2) is 30.3 Å². The Morgan fingerprint density at radius 3 is 2.61 bits per heavy atom. The van der Waals surface area contributed by atoms with Gasteiger partial charge in [-0.05, 0) is 46.1 Å². The molecule has 1 aromatic rings. The molecule has 0 aliphatic carbocycles. The van der Waals surface area contributed by atoms with E-state index in [0.717, 1.165) is 32.5 Å². The molecule has 2 bridgehead atoms. The van der Waals surface area contributed by atoms with E-state index in [2.05, 4.69) is 42.2 Å². The van der Waals surface area contributed by atoms with Crippen molar-refractivity contribution in [2.24, 2.45) is 0 Å². The van der Waals surface area contributed by atoms with Gasteiger partial charge in [-0.15, -0.1) is 0 Å². The van der Waals surface area contributed by atoms with E-state index in [1.165, 1.54) is 5.56 Å². The molecule has 23 heavy (non-hydrogen) atoms. The summed E-state index contributed by atoms with van der Waals surface area (Å²) in [5.74, 6) is 0. The van der Waals surface area contributed by atoms with Gasteiger partial charge in [-0.1, -0.05) is 30.3 Å². The fraction of sp³-hybridized carbons (Fsp3) is 0.632. The number of rotatable bonds is 2. The summed E-state index contributed by atoms with van der Waals surface area (Å²) in [5, 5.41) is 0. The zero-order chi connectivity index (χ0) is 16.7. The molecule has 1 aromatic carbocycles. The molecule has 4 nitrogen and oxygen atoms in total. The van der Waals surface area contributed by atoms with Crippen LogP contribution >= 0.6 is 0 Å². The highest BCUT2D eigenvalue weighted by molar-refractivity contribution is 5.69. The Kier molecular flexibility index (Phi) is 4.13. The summed E-state index contributed by atoms with van der Waals surface area (Å²) < 4.78 is 5.62. The Morgan fingerprint density at radius 1 is 1.30 bits per heavy atom. The lowest BCUT2D eigenvalue weighted by molar-refractivity contribution is -0.0833. The van der Waals surface area contributed by atoms with E-state index in [9.17, 15) is 4.79 Å². The Labute approximate surface area is 139 Å². The molecule has 0 unspecified atom stereocenters. The molecule has 0 aromatic heterocycles. The fourth-order valence-electron chi connectivity index (χ4n) is 3.78. The number of nitrogens with zero attached hydrogens (tertiary/aromatic N) is 2. The highest BCUT2D eigenvalue weighted by atomic mass is 16.6. The highest BCUT2D eigenvalue weighted by Gasteiger charge is 2.49. The van der Waals surface area contributed by atoms with E-state index in [4.69, 9.17) is 4.74 Å². The van der Waals surface area contributed by atoms with Crippen LogP contribution < -0.4 is 0 Å². The predicted molar refractivity (Wildman–Crippen MR) is 91.2 cm³/mol. The van der Waals surface area contributed by atoms with Gasteiger partial charge in [-0.2, -0.15) is 0 Å². The lowest BCUT2D eigenvalue weighted by atomic mass is 9.80. The van der Waals surface area contributed by atoms with Crippen molar-refractivity contribution in [1.82, 2.24) is 9.80 Å². The van der Waals surface area contributed by atoms with Crippen molar-refractivity contribution in [3.63, 3.8) is 0 Å². The molecule has 0 spiro atoms. The van der Waals surface area contributed by atoms with Gasteiger partial charge in [-0.3, -0.25) is 9.80 Å². The lowest BCUT2D eigenvalue weighted by Gasteiger charge is -2.57. The number of piperidine rings is 2.